The highest BCUT2D eigenvalue weighted by molar-refractivity contribution is 7.22. The third-order valence-electron chi connectivity index (χ3n) is 5.97. The summed E-state index contributed by atoms with van der Waals surface area (Å²) < 4.78 is 1.23. The molecule has 2 aromatic carbocycles. The third-order valence-corrected chi connectivity index (χ3v) is 7.05. The van der Waals surface area contributed by atoms with Gasteiger partial charge in [-0.25, -0.2) is 4.98 Å². The Labute approximate surface area is 175 Å². The zero-order valence-electron chi connectivity index (χ0n) is 16.8. The van der Waals surface area contributed by atoms with E-state index in [1.165, 1.54) is 15.8 Å². The standard InChI is InChI=1S/C23H26N4OS/c1-17-7-8-20-21(13-17)29-23(24-20)27-15-19(16-27)22(28)26-11-9-25(10-12-26)14-18-5-3-2-4-6-18/h2-8,13,19H,9-12,14-16H2,1H3. The van der Waals surface area contributed by atoms with Crippen molar-refractivity contribution in [1.82, 2.24) is 14.8 Å². The molecule has 0 atom stereocenters. The number of carbonyl (C=O) groups is 1. The van der Waals surface area contributed by atoms with Crippen LogP contribution in [0.5, 0.6) is 0 Å². The number of benzene rings is 2. The van der Waals surface area contributed by atoms with Crippen LogP contribution >= 0.6 is 11.3 Å². The molecule has 0 saturated carbocycles. The van der Waals surface area contributed by atoms with E-state index < -0.39 is 0 Å². The van der Waals surface area contributed by atoms with E-state index in [4.69, 9.17) is 4.98 Å². The van der Waals surface area contributed by atoms with Gasteiger partial charge in [0.15, 0.2) is 5.13 Å². The molecule has 2 aliphatic rings. The lowest BCUT2D eigenvalue weighted by molar-refractivity contribution is -0.138. The van der Waals surface area contributed by atoms with Gasteiger partial charge in [0.1, 0.15) is 0 Å². The number of aryl methyl sites for hydroxylation is 1. The number of aromatic nitrogens is 1. The Kier molecular flexibility index (Phi) is 4.97. The van der Waals surface area contributed by atoms with Crippen molar-refractivity contribution in [3.05, 3.63) is 59.7 Å². The smallest absolute Gasteiger partial charge is 0.229 e. The average molecular weight is 407 g/mol. The maximum absolute atomic E-state index is 12.9. The predicted molar refractivity (Wildman–Crippen MR) is 118 cm³/mol. The molecule has 1 aromatic heterocycles. The first-order valence-electron chi connectivity index (χ1n) is 10.3. The first-order valence-corrected chi connectivity index (χ1v) is 11.1. The van der Waals surface area contributed by atoms with Crippen LogP contribution < -0.4 is 4.90 Å². The molecule has 0 N–H and O–H groups in total. The molecule has 5 nitrogen and oxygen atoms in total. The Morgan fingerprint density at radius 2 is 1.83 bits per heavy atom. The molecule has 3 heterocycles. The highest BCUT2D eigenvalue weighted by Gasteiger charge is 2.37. The van der Waals surface area contributed by atoms with Gasteiger partial charge in [-0.05, 0) is 30.2 Å². The van der Waals surface area contributed by atoms with Gasteiger partial charge < -0.3 is 9.80 Å². The zero-order chi connectivity index (χ0) is 19.8. The highest BCUT2D eigenvalue weighted by Crippen LogP contribution is 2.34. The molecule has 6 heteroatoms. The van der Waals surface area contributed by atoms with Crippen LogP contribution in [0.25, 0.3) is 10.2 Å². The maximum Gasteiger partial charge on any atom is 0.229 e. The van der Waals surface area contributed by atoms with Crippen LogP contribution in [0.15, 0.2) is 48.5 Å². The van der Waals surface area contributed by atoms with Gasteiger partial charge in [-0.3, -0.25) is 9.69 Å². The number of piperazine rings is 1. The molecule has 5 rings (SSSR count). The number of nitrogens with zero attached hydrogens (tertiary/aromatic N) is 4. The van der Waals surface area contributed by atoms with Crippen LogP contribution in [0.1, 0.15) is 11.1 Å². The molecule has 2 saturated heterocycles. The highest BCUT2D eigenvalue weighted by atomic mass is 32.1. The molecule has 1 amide bonds. The van der Waals surface area contributed by atoms with Gasteiger partial charge >= 0.3 is 0 Å². The van der Waals surface area contributed by atoms with Crippen molar-refractivity contribution >= 4 is 32.6 Å². The summed E-state index contributed by atoms with van der Waals surface area (Å²) in [6.45, 7) is 8.24. The average Bonchev–Trinajstić information content (AvgIpc) is 3.10. The monoisotopic (exact) mass is 406 g/mol. The Balaban J connectivity index is 1.13. The molecule has 0 bridgehead atoms. The molecule has 150 valence electrons. The number of rotatable bonds is 4. The zero-order valence-corrected chi connectivity index (χ0v) is 17.6. The fourth-order valence-electron chi connectivity index (χ4n) is 4.17. The van der Waals surface area contributed by atoms with Crippen LogP contribution in [0.3, 0.4) is 0 Å². The molecule has 29 heavy (non-hydrogen) atoms. The molecule has 3 aromatic rings. The van der Waals surface area contributed by atoms with Gasteiger partial charge in [-0.1, -0.05) is 47.7 Å². The van der Waals surface area contributed by atoms with Crippen molar-refractivity contribution < 1.29 is 4.79 Å². The second-order valence-electron chi connectivity index (χ2n) is 8.16. The van der Waals surface area contributed by atoms with Gasteiger partial charge in [0, 0.05) is 45.8 Å². The van der Waals surface area contributed by atoms with E-state index in [2.05, 4.69) is 70.2 Å². The molecule has 0 radical (unpaired) electrons. The number of hydrogen-bond donors (Lipinski definition) is 0. The minimum atomic E-state index is 0.115. The van der Waals surface area contributed by atoms with E-state index in [0.717, 1.165) is 56.5 Å². The van der Waals surface area contributed by atoms with Crippen molar-refractivity contribution in [2.45, 2.75) is 13.5 Å². The Bertz CT molecular complexity index is 1000. The molecule has 0 spiro atoms. The molecular weight excluding hydrogens is 380 g/mol. The fraction of sp³-hybridized carbons (Fsp3) is 0.391. The van der Waals surface area contributed by atoms with Gasteiger partial charge in [0.05, 0.1) is 16.1 Å². The summed E-state index contributed by atoms with van der Waals surface area (Å²) in [5.41, 5.74) is 3.66. The number of carbonyl (C=O) groups excluding carboxylic acids is 1. The van der Waals surface area contributed by atoms with E-state index in [1.54, 1.807) is 11.3 Å². The second kappa shape index (κ2) is 7.76. The third kappa shape index (κ3) is 3.87. The quantitative estimate of drug-likeness (QED) is 0.666. The first kappa shape index (κ1) is 18.6. The largest absolute Gasteiger partial charge is 0.346 e. The second-order valence-corrected chi connectivity index (χ2v) is 9.17. The van der Waals surface area contributed by atoms with E-state index in [0.29, 0.717) is 5.91 Å². The number of thiazole rings is 1. The molecular formula is C23H26N4OS. The number of anilines is 1. The number of hydrogen-bond acceptors (Lipinski definition) is 5. The van der Waals surface area contributed by atoms with Crippen LogP contribution in [0, 0.1) is 12.8 Å². The van der Waals surface area contributed by atoms with E-state index >= 15 is 0 Å². The van der Waals surface area contributed by atoms with E-state index in [1.807, 2.05) is 0 Å². The molecule has 0 unspecified atom stereocenters. The van der Waals surface area contributed by atoms with Crippen LogP contribution in [0.2, 0.25) is 0 Å². The van der Waals surface area contributed by atoms with Crippen molar-refractivity contribution in [2.75, 3.05) is 44.2 Å². The molecule has 2 fully saturated rings. The number of fused-ring (bicyclic) bond motifs is 1. The summed E-state index contributed by atoms with van der Waals surface area (Å²) in [7, 11) is 0. The normalized spacial score (nSPS) is 18.2. The topological polar surface area (TPSA) is 39.7 Å². The van der Waals surface area contributed by atoms with Crippen molar-refractivity contribution in [1.29, 1.82) is 0 Å². The lowest BCUT2D eigenvalue weighted by Gasteiger charge is -2.42. The van der Waals surface area contributed by atoms with E-state index in [-0.39, 0.29) is 5.92 Å². The summed E-state index contributed by atoms with van der Waals surface area (Å²) in [6.07, 6.45) is 0. The fourth-order valence-corrected chi connectivity index (χ4v) is 5.25. The summed E-state index contributed by atoms with van der Waals surface area (Å²) in [5.74, 6) is 0.432. The predicted octanol–water partition coefficient (Wildman–Crippen LogP) is 3.39. The lowest BCUT2D eigenvalue weighted by Crippen LogP contribution is -2.57. The Hall–Kier alpha value is -2.44. The van der Waals surface area contributed by atoms with Gasteiger partial charge in [0.25, 0.3) is 0 Å². The van der Waals surface area contributed by atoms with Crippen molar-refractivity contribution in [3.63, 3.8) is 0 Å². The van der Waals surface area contributed by atoms with Gasteiger partial charge in [0.2, 0.25) is 5.91 Å². The van der Waals surface area contributed by atoms with Gasteiger partial charge in [-0.15, -0.1) is 0 Å². The van der Waals surface area contributed by atoms with E-state index in [9.17, 15) is 4.79 Å². The SMILES string of the molecule is Cc1ccc2nc(N3CC(C(=O)N4CCN(Cc5ccccc5)CC4)C3)sc2c1. The van der Waals surface area contributed by atoms with Crippen molar-refractivity contribution in [2.24, 2.45) is 5.92 Å². The number of amides is 1. The summed E-state index contributed by atoms with van der Waals surface area (Å²) in [4.78, 5) is 24.4. The maximum atomic E-state index is 12.9. The van der Waals surface area contributed by atoms with Crippen LogP contribution in [-0.2, 0) is 11.3 Å². The minimum Gasteiger partial charge on any atom is -0.346 e. The summed E-state index contributed by atoms with van der Waals surface area (Å²) in [5, 5.41) is 1.04. The van der Waals surface area contributed by atoms with Crippen LogP contribution in [-0.4, -0.2) is 60.0 Å². The summed E-state index contributed by atoms with van der Waals surface area (Å²) in [6, 6.07) is 16.9. The van der Waals surface area contributed by atoms with Crippen LogP contribution in [0.4, 0.5) is 5.13 Å². The Morgan fingerprint density at radius 1 is 1.07 bits per heavy atom. The molecule has 2 aliphatic heterocycles. The lowest BCUT2D eigenvalue weighted by atomic mass is 9.99. The van der Waals surface area contributed by atoms with Gasteiger partial charge in [-0.2, -0.15) is 0 Å². The summed E-state index contributed by atoms with van der Waals surface area (Å²) >= 11 is 1.73. The minimum absolute atomic E-state index is 0.115. The van der Waals surface area contributed by atoms with Crippen molar-refractivity contribution in [3.8, 4) is 0 Å². The first-order chi connectivity index (χ1) is 14.2. The Morgan fingerprint density at radius 3 is 2.59 bits per heavy atom. The molecule has 0 aliphatic carbocycles.